The van der Waals surface area contributed by atoms with Gasteiger partial charge in [0.25, 0.3) is 5.91 Å². The quantitative estimate of drug-likeness (QED) is 0.725. The number of nitrogens with one attached hydrogen (secondary N) is 1. The zero-order valence-corrected chi connectivity index (χ0v) is 17.5. The zero-order valence-electron chi connectivity index (χ0n) is 15.1. The molecular weight excluding hydrogens is 434 g/mol. The Balaban J connectivity index is 1.63. The standard InChI is InChI=1S/C17H22BrN5O3S/c1-9-13-8-22(27(2,25)26)6-10(13)3-14(9)21-16-12(17(19)24)5-20-23-7-11(18)4-15(16)23/h4-5,7,9-10,13-14,21H,3,6,8H2,1-2H3,(H2,19,24)/t9-,10?,13?,14-/m1/s1. The number of primary amides is 1. The number of aromatic nitrogens is 2. The van der Waals surface area contributed by atoms with Crippen LogP contribution in [0.2, 0.25) is 0 Å². The molecule has 4 atom stereocenters. The van der Waals surface area contributed by atoms with Crippen molar-refractivity contribution in [1.82, 2.24) is 13.9 Å². The zero-order chi connectivity index (χ0) is 19.5. The number of anilines is 1. The van der Waals surface area contributed by atoms with Gasteiger partial charge in [-0.25, -0.2) is 17.2 Å². The summed E-state index contributed by atoms with van der Waals surface area (Å²) in [5, 5.41) is 7.77. The van der Waals surface area contributed by atoms with Crippen LogP contribution in [0.5, 0.6) is 0 Å². The van der Waals surface area contributed by atoms with Gasteiger partial charge in [-0.05, 0) is 46.2 Å². The summed E-state index contributed by atoms with van der Waals surface area (Å²) in [5.41, 5.74) is 7.38. The molecule has 146 valence electrons. The molecule has 0 radical (unpaired) electrons. The van der Waals surface area contributed by atoms with Gasteiger partial charge in [0, 0.05) is 29.8 Å². The topological polar surface area (TPSA) is 110 Å². The fraction of sp³-hybridized carbons (Fsp3) is 0.529. The molecule has 2 aromatic heterocycles. The van der Waals surface area contributed by atoms with E-state index in [0.717, 1.165) is 16.4 Å². The van der Waals surface area contributed by atoms with E-state index in [2.05, 4.69) is 33.3 Å². The van der Waals surface area contributed by atoms with Gasteiger partial charge < -0.3 is 11.1 Å². The minimum atomic E-state index is -3.15. The summed E-state index contributed by atoms with van der Waals surface area (Å²) in [7, 11) is -3.15. The lowest BCUT2D eigenvalue weighted by Crippen LogP contribution is -2.33. The molecule has 2 unspecified atom stereocenters. The first kappa shape index (κ1) is 18.7. The lowest BCUT2D eigenvalue weighted by Gasteiger charge is -2.25. The van der Waals surface area contributed by atoms with Crippen molar-refractivity contribution in [2.24, 2.45) is 23.5 Å². The molecule has 0 spiro atoms. The predicted molar refractivity (Wildman–Crippen MR) is 106 cm³/mol. The third-order valence-corrected chi connectivity index (χ3v) is 7.66. The van der Waals surface area contributed by atoms with Gasteiger partial charge in [0.1, 0.15) is 0 Å². The van der Waals surface area contributed by atoms with Gasteiger partial charge in [-0.15, -0.1) is 0 Å². The average Bonchev–Trinajstić information content (AvgIpc) is 3.22. The highest BCUT2D eigenvalue weighted by Gasteiger charge is 2.48. The number of nitrogens with two attached hydrogens (primary N) is 1. The Labute approximate surface area is 166 Å². The van der Waals surface area contributed by atoms with Crippen LogP contribution in [0.15, 0.2) is 22.9 Å². The molecule has 27 heavy (non-hydrogen) atoms. The second-order valence-electron chi connectivity index (χ2n) is 7.64. The lowest BCUT2D eigenvalue weighted by molar-refractivity contribution is 0.100. The summed E-state index contributed by atoms with van der Waals surface area (Å²) in [5.74, 6) is 0.374. The average molecular weight is 456 g/mol. The molecule has 4 rings (SSSR count). The second-order valence-corrected chi connectivity index (χ2v) is 10.5. The Bertz CT molecular complexity index is 1020. The van der Waals surface area contributed by atoms with Crippen molar-refractivity contribution in [2.45, 2.75) is 19.4 Å². The maximum absolute atomic E-state index is 11.9. The first-order chi connectivity index (χ1) is 12.6. The Kier molecular flexibility index (Phi) is 4.47. The van der Waals surface area contributed by atoms with Gasteiger partial charge in [0.2, 0.25) is 10.0 Å². The first-order valence-electron chi connectivity index (χ1n) is 8.83. The summed E-state index contributed by atoms with van der Waals surface area (Å²) in [4.78, 5) is 11.9. The third kappa shape index (κ3) is 3.23. The van der Waals surface area contributed by atoms with E-state index in [1.807, 2.05) is 12.3 Å². The fourth-order valence-corrected chi connectivity index (χ4v) is 5.87. The van der Waals surface area contributed by atoms with Gasteiger partial charge in [0.15, 0.2) is 0 Å². The molecule has 10 heteroatoms. The van der Waals surface area contributed by atoms with E-state index >= 15 is 0 Å². The van der Waals surface area contributed by atoms with Crippen LogP contribution >= 0.6 is 15.9 Å². The summed E-state index contributed by atoms with van der Waals surface area (Å²) in [6.45, 7) is 3.27. The van der Waals surface area contributed by atoms with Crippen LogP contribution in [0, 0.1) is 17.8 Å². The van der Waals surface area contributed by atoms with Crippen LogP contribution in [-0.2, 0) is 10.0 Å². The number of fused-ring (bicyclic) bond motifs is 2. The SMILES string of the molecule is C[C@@H]1C2CN(S(C)(=O)=O)CC2C[C@H]1Nc1c(C(N)=O)cnn2cc(Br)cc12. The summed E-state index contributed by atoms with van der Waals surface area (Å²) >= 11 is 3.44. The summed E-state index contributed by atoms with van der Waals surface area (Å²) < 4.78 is 27.9. The summed E-state index contributed by atoms with van der Waals surface area (Å²) in [6.07, 6.45) is 5.43. The lowest BCUT2D eigenvalue weighted by atomic mass is 9.93. The van der Waals surface area contributed by atoms with Crippen molar-refractivity contribution < 1.29 is 13.2 Å². The molecule has 8 nitrogen and oxygen atoms in total. The Morgan fingerprint density at radius 1 is 1.41 bits per heavy atom. The van der Waals surface area contributed by atoms with Crippen LogP contribution < -0.4 is 11.1 Å². The first-order valence-corrected chi connectivity index (χ1v) is 11.5. The van der Waals surface area contributed by atoms with Gasteiger partial charge >= 0.3 is 0 Å². The highest BCUT2D eigenvalue weighted by molar-refractivity contribution is 9.10. The molecule has 3 N–H and O–H groups in total. The molecule has 1 amide bonds. The molecule has 0 aromatic carbocycles. The molecular formula is C17H22BrN5O3S. The molecule has 2 aliphatic rings. The van der Waals surface area contributed by atoms with E-state index in [0.29, 0.717) is 36.2 Å². The number of hydrogen-bond donors (Lipinski definition) is 2. The van der Waals surface area contributed by atoms with E-state index in [4.69, 9.17) is 5.73 Å². The van der Waals surface area contributed by atoms with Crippen molar-refractivity contribution in [3.8, 4) is 0 Å². The number of carbonyl (C=O) groups excluding carboxylic acids is 1. The highest BCUT2D eigenvalue weighted by atomic mass is 79.9. The van der Waals surface area contributed by atoms with E-state index < -0.39 is 15.9 Å². The minimum absolute atomic E-state index is 0.139. The fourth-order valence-electron chi connectivity index (χ4n) is 4.55. The van der Waals surface area contributed by atoms with Crippen molar-refractivity contribution >= 4 is 43.1 Å². The van der Waals surface area contributed by atoms with E-state index in [-0.39, 0.29) is 12.0 Å². The molecule has 3 heterocycles. The Morgan fingerprint density at radius 3 is 2.78 bits per heavy atom. The predicted octanol–water partition coefficient (Wildman–Crippen LogP) is 1.52. The second kappa shape index (κ2) is 6.46. The number of amides is 1. The van der Waals surface area contributed by atoms with E-state index in [1.54, 1.807) is 8.82 Å². The molecule has 2 aromatic rings. The summed E-state index contributed by atoms with van der Waals surface area (Å²) in [6, 6.07) is 2.04. The molecule has 1 saturated heterocycles. The molecule has 1 aliphatic carbocycles. The molecule has 1 saturated carbocycles. The number of hydrogen-bond acceptors (Lipinski definition) is 5. The number of nitrogens with zero attached hydrogens (tertiary/aromatic N) is 3. The van der Waals surface area contributed by atoms with Crippen molar-refractivity contribution in [2.75, 3.05) is 24.7 Å². The number of carbonyl (C=O) groups is 1. The molecule has 0 bridgehead atoms. The smallest absolute Gasteiger partial charge is 0.252 e. The van der Waals surface area contributed by atoms with E-state index in [9.17, 15) is 13.2 Å². The van der Waals surface area contributed by atoms with Gasteiger partial charge in [-0.1, -0.05) is 6.92 Å². The van der Waals surface area contributed by atoms with Crippen LogP contribution in [0.1, 0.15) is 23.7 Å². The van der Waals surface area contributed by atoms with Crippen molar-refractivity contribution in [3.63, 3.8) is 0 Å². The number of rotatable bonds is 4. The largest absolute Gasteiger partial charge is 0.380 e. The Hall–Kier alpha value is -1.65. The van der Waals surface area contributed by atoms with Gasteiger partial charge in [0.05, 0.1) is 29.2 Å². The van der Waals surface area contributed by atoms with Crippen molar-refractivity contribution in [1.29, 1.82) is 0 Å². The van der Waals surface area contributed by atoms with Gasteiger partial charge in [-0.2, -0.15) is 5.10 Å². The van der Waals surface area contributed by atoms with Crippen LogP contribution in [0.25, 0.3) is 5.52 Å². The Morgan fingerprint density at radius 2 is 2.15 bits per heavy atom. The minimum Gasteiger partial charge on any atom is -0.380 e. The number of sulfonamides is 1. The normalized spacial score (nSPS) is 28.6. The van der Waals surface area contributed by atoms with Crippen LogP contribution in [0.4, 0.5) is 5.69 Å². The maximum Gasteiger partial charge on any atom is 0.252 e. The molecule has 1 aliphatic heterocycles. The molecule has 2 fully saturated rings. The van der Waals surface area contributed by atoms with Crippen LogP contribution in [0.3, 0.4) is 0 Å². The van der Waals surface area contributed by atoms with Crippen molar-refractivity contribution in [3.05, 3.63) is 28.5 Å². The number of halogens is 1. The maximum atomic E-state index is 11.9. The third-order valence-electron chi connectivity index (χ3n) is 5.99. The van der Waals surface area contributed by atoms with E-state index in [1.165, 1.54) is 12.5 Å². The highest BCUT2D eigenvalue weighted by Crippen LogP contribution is 2.44. The van der Waals surface area contributed by atoms with Gasteiger partial charge in [-0.3, -0.25) is 4.79 Å². The van der Waals surface area contributed by atoms with Crippen LogP contribution in [-0.4, -0.2) is 53.6 Å². The monoisotopic (exact) mass is 455 g/mol.